The highest BCUT2D eigenvalue weighted by atomic mass is 35.5. The zero-order valence-electron chi connectivity index (χ0n) is 7.74. The van der Waals surface area contributed by atoms with Crippen LogP contribution < -0.4 is 4.74 Å². The van der Waals surface area contributed by atoms with Gasteiger partial charge in [0.25, 0.3) is 0 Å². The van der Waals surface area contributed by atoms with E-state index in [0.29, 0.717) is 6.42 Å². The van der Waals surface area contributed by atoms with Crippen LogP contribution in [0, 0.1) is 0 Å². The van der Waals surface area contributed by atoms with Crippen LogP contribution in [0.5, 0.6) is 5.75 Å². The Morgan fingerprint density at radius 1 is 1.50 bits per heavy atom. The molecule has 4 heteroatoms. The second-order valence-electron chi connectivity index (χ2n) is 2.86. The molecule has 0 radical (unpaired) electrons. The third-order valence-electron chi connectivity index (χ3n) is 1.84. The Hall–Kier alpha value is -1.22. The standard InChI is InChI=1S/C10H11ClO3/c1-14-8-4-2-7(3-5-8)6-9(11)10(12)13/h2-5,9H,6H2,1H3,(H,12,13). The molecule has 0 aliphatic carbocycles. The molecule has 0 bridgehead atoms. The number of benzene rings is 1. The first kappa shape index (κ1) is 10.9. The summed E-state index contributed by atoms with van der Waals surface area (Å²) in [6, 6.07) is 7.16. The Labute approximate surface area is 87.3 Å². The SMILES string of the molecule is COc1ccc(CC(Cl)C(=O)O)cc1. The fourth-order valence-electron chi connectivity index (χ4n) is 1.06. The molecule has 1 rings (SSSR count). The normalized spacial score (nSPS) is 12.1. The number of carboxylic acids is 1. The zero-order valence-corrected chi connectivity index (χ0v) is 8.49. The van der Waals surface area contributed by atoms with Gasteiger partial charge in [-0.3, -0.25) is 4.79 Å². The number of carboxylic acid groups (broad SMARTS) is 1. The van der Waals surface area contributed by atoms with Crippen molar-refractivity contribution in [1.82, 2.24) is 0 Å². The van der Waals surface area contributed by atoms with Gasteiger partial charge in [-0.05, 0) is 24.1 Å². The van der Waals surface area contributed by atoms with Crippen LogP contribution in [0.4, 0.5) is 0 Å². The third-order valence-corrected chi connectivity index (χ3v) is 2.18. The number of carbonyl (C=O) groups is 1. The summed E-state index contributed by atoms with van der Waals surface area (Å²) in [5, 5.41) is 7.72. The van der Waals surface area contributed by atoms with Crippen LogP contribution in [0.25, 0.3) is 0 Å². The molecule has 76 valence electrons. The van der Waals surface area contributed by atoms with Crippen molar-refractivity contribution in [2.24, 2.45) is 0 Å². The predicted octanol–water partition coefficient (Wildman–Crippen LogP) is 1.93. The number of aliphatic carboxylic acids is 1. The monoisotopic (exact) mass is 214 g/mol. The molecule has 0 saturated heterocycles. The van der Waals surface area contributed by atoms with Gasteiger partial charge in [0.2, 0.25) is 0 Å². The quantitative estimate of drug-likeness (QED) is 0.780. The first-order chi connectivity index (χ1) is 6.63. The van der Waals surface area contributed by atoms with E-state index in [0.717, 1.165) is 11.3 Å². The molecule has 1 aromatic rings. The number of ether oxygens (including phenoxy) is 1. The van der Waals surface area contributed by atoms with Crippen LogP contribution >= 0.6 is 11.6 Å². The summed E-state index contributed by atoms with van der Waals surface area (Å²) in [4.78, 5) is 10.5. The number of rotatable bonds is 4. The molecule has 1 aromatic carbocycles. The fourth-order valence-corrected chi connectivity index (χ4v) is 1.23. The molecule has 3 nitrogen and oxygen atoms in total. The summed E-state index contributed by atoms with van der Waals surface area (Å²) in [7, 11) is 1.58. The molecule has 0 heterocycles. The van der Waals surface area contributed by atoms with Gasteiger partial charge in [-0.25, -0.2) is 0 Å². The van der Waals surface area contributed by atoms with Gasteiger partial charge in [0.05, 0.1) is 7.11 Å². The Balaban J connectivity index is 2.64. The van der Waals surface area contributed by atoms with Gasteiger partial charge in [-0.15, -0.1) is 11.6 Å². The van der Waals surface area contributed by atoms with Gasteiger partial charge in [0.1, 0.15) is 11.1 Å². The van der Waals surface area contributed by atoms with E-state index < -0.39 is 11.3 Å². The van der Waals surface area contributed by atoms with Crippen LogP contribution in [0.2, 0.25) is 0 Å². The number of methoxy groups -OCH3 is 1. The Morgan fingerprint density at radius 3 is 2.50 bits per heavy atom. The highest BCUT2D eigenvalue weighted by molar-refractivity contribution is 6.29. The molecule has 0 aromatic heterocycles. The molecular weight excluding hydrogens is 204 g/mol. The molecule has 0 spiro atoms. The molecule has 0 fully saturated rings. The molecule has 1 N–H and O–H groups in total. The zero-order chi connectivity index (χ0) is 10.6. The van der Waals surface area contributed by atoms with Crippen molar-refractivity contribution in [2.75, 3.05) is 7.11 Å². The molecule has 0 aliphatic heterocycles. The molecule has 0 saturated carbocycles. The van der Waals surface area contributed by atoms with Crippen LogP contribution in [0.3, 0.4) is 0 Å². The van der Waals surface area contributed by atoms with E-state index in [1.165, 1.54) is 0 Å². The number of alkyl halides is 1. The van der Waals surface area contributed by atoms with Crippen molar-refractivity contribution < 1.29 is 14.6 Å². The van der Waals surface area contributed by atoms with Crippen molar-refractivity contribution in [1.29, 1.82) is 0 Å². The van der Waals surface area contributed by atoms with Crippen molar-refractivity contribution in [3.05, 3.63) is 29.8 Å². The fraction of sp³-hybridized carbons (Fsp3) is 0.300. The molecule has 1 atom stereocenters. The summed E-state index contributed by atoms with van der Waals surface area (Å²) in [5.74, 6) is -0.252. The minimum atomic E-state index is -0.998. The highest BCUT2D eigenvalue weighted by Gasteiger charge is 2.13. The largest absolute Gasteiger partial charge is 0.497 e. The minimum Gasteiger partial charge on any atom is -0.497 e. The predicted molar refractivity (Wildman–Crippen MR) is 54.0 cm³/mol. The van der Waals surface area contributed by atoms with E-state index in [4.69, 9.17) is 21.4 Å². The first-order valence-electron chi connectivity index (χ1n) is 4.13. The van der Waals surface area contributed by atoms with Crippen LogP contribution in [0.1, 0.15) is 5.56 Å². The van der Waals surface area contributed by atoms with Gasteiger partial charge < -0.3 is 9.84 Å². The summed E-state index contributed by atoms with van der Waals surface area (Å²) < 4.78 is 4.97. The van der Waals surface area contributed by atoms with E-state index in [1.54, 1.807) is 31.4 Å². The highest BCUT2D eigenvalue weighted by Crippen LogP contribution is 2.14. The van der Waals surface area contributed by atoms with Crippen molar-refractivity contribution in [3.63, 3.8) is 0 Å². The maximum atomic E-state index is 10.5. The van der Waals surface area contributed by atoms with Gasteiger partial charge in [0.15, 0.2) is 0 Å². The van der Waals surface area contributed by atoms with Crippen LogP contribution in [-0.4, -0.2) is 23.6 Å². The van der Waals surface area contributed by atoms with Gasteiger partial charge in [-0.2, -0.15) is 0 Å². The smallest absolute Gasteiger partial charge is 0.321 e. The summed E-state index contributed by atoms with van der Waals surface area (Å²) in [6.45, 7) is 0. The lowest BCUT2D eigenvalue weighted by Gasteiger charge is -2.05. The second-order valence-corrected chi connectivity index (χ2v) is 3.38. The molecule has 1 unspecified atom stereocenters. The first-order valence-corrected chi connectivity index (χ1v) is 4.57. The van der Waals surface area contributed by atoms with E-state index in [-0.39, 0.29) is 0 Å². The van der Waals surface area contributed by atoms with Gasteiger partial charge in [0, 0.05) is 0 Å². The lowest BCUT2D eigenvalue weighted by atomic mass is 10.1. The maximum absolute atomic E-state index is 10.5. The lowest BCUT2D eigenvalue weighted by Crippen LogP contribution is -2.15. The lowest BCUT2D eigenvalue weighted by molar-refractivity contribution is -0.136. The Bertz CT molecular complexity index is 308. The number of halogens is 1. The summed E-state index contributed by atoms with van der Waals surface area (Å²) in [6.07, 6.45) is 0.320. The van der Waals surface area contributed by atoms with Crippen molar-refractivity contribution in [3.8, 4) is 5.75 Å². The molecule has 0 aliphatic rings. The van der Waals surface area contributed by atoms with E-state index in [1.807, 2.05) is 0 Å². The number of hydrogen-bond donors (Lipinski definition) is 1. The van der Waals surface area contributed by atoms with Gasteiger partial charge in [-0.1, -0.05) is 12.1 Å². The molecule has 14 heavy (non-hydrogen) atoms. The average molecular weight is 215 g/mol. The van der Waals surface area contributed by atoms with Crippen LogP contribution in [0.15, 0.2) is 24.3 Å². The molecule has 0 amide bonds. The molecular formula is C10H11ClO3. The summed E-state index contributed by atoms with van der Waals surface area (Å²) >= 11 is 5.59. The maximum Gasteiger partial charge on any atom is 0.321 e. The Morgan fingerprint density at radius 2 is 2.07 bits per heavy atom. The van der Waals surface area contributed by atoms with Gasteiger partial charge >= 0.3 is 5.97 Å². The number of hydrogen-bond acceptors (Lipinski definition) is 2. The minimum absolute atomic E-state index is 0.320. The second kappa shape index (κ2) is 4.86. The summed E-state index contributed by atoms with van der Waals surface area (Å²) in [5.41, 5.74) is 0.883. The topological polar surface area (TPSA) is 46.5 Å². The van der Waals surface area contributed by atoms with Crippen molar-refractivity contribution in [2.45, 2.75) is 11.8 Å². The van der Waals surface area contributed by atoms with E-state index in [9.17, 15) is 4.79 Å². The average Bonchev–Trinajstić information content (AvgIpc) is 2.19. The van der Waals surface area contributed by atoms with E-state index >= 15 is 0 Å². The third kappa shape index (κ3) is 2.92. The van der Waals surface area contributed by atoms with E-state index in [2.05, 4.69) is 0 Å². The van der Waals surface area contributed by atoms with Crippen molar-refractivity contribution >= 4 is 17.6 Å². The van der Waals surface area contributed by atoms with Crippen LogP contribution in [-0.2, 0) is 11.2 Å². The Kier molecular flexibility index (Phi) is 3.77.